The lowest BCUT2D eigenvalue weighted by Crippen LogP contribution is -2.56. The van der Waals surface area contributed by atoms with E-state index in [9.17, 15) is 33.3 Å². The van der Waals surface area contributed by atoms with E-state index >= 15 is 0 Å². The number of aliphatic hydroxyl groups excluding tert-OH is 3. The van der Waals surface area contributed by atoms with Crippen molar-refractivity contribution in [1.82, 2.24) is 9.80 Å². The van der Waals surface area contributed by atoms with Crippen LogP contribution in [-0.2, 0) is 4.79 Å². The average Bonchev–Trinajstić information content (AvgIpc) is 2.65. The molecular weight excluding hydrogens is 377 g/mol. The number of likely N-dealkylation sites (tertiary alicyclic amines) is 2. The fourth-order valence-electron chi connectivity index (χ4n) is 4.85. The molecule has 0 spiro atoms. The molecule has 2 aliphatic heterocycles. The first-order valence-corrected chi connectivity index (χ1v) is 10.3. The number of carbonyl (C=O) groups excluding carboxylic acids is 1. The quantitative estimate of drug-likeness (QED) is 0.649. The van der Waals surface area contributed by atoms with Crippen LogP contribution >= 0.6 is 0 Å². The second kappa shape index (κ2) is 8.85. The normalized spacial score (nSPS) is 36.5. The van der Waals surface area contributed by atoms with Gasteiger partial charge in [0.25, 0.3) is 0 Å². The zero-order valence-corrected chi connectivity index (χ0v) is 16.0. The number of alkyl halides is 3. The first-order valence-electron chi connectivity index (χ1n) is 10.3. The number of amides is 1. The summed E-state index contributed by atoms with van der Waals surface area (Å²) in [5.74, 6) is -1.23. The SMILES string of the molecule is O=C(C1CCC(C(F)(F)F)CC1)N1CCC(CN2C[C@@H](O)C(O)[C@@H](O)C2)CC1. The van der Waals surface area contributed by atoms with Crippen LogP contribution in [0.4, 0.5) is 13.2 Å². The van der Waals surface area contributed by atoms with Crippen molar-refractivity contribution in [3.8, 4) is 0 Å². The van der Waals surface area contributed by atoms with Gasteiger partial charge in [-0.15, -0.1) is 0 Å². The monoisotopic (exact) mass is 408 g/mol. The number of halogens is 3. The van der Waals surface area contributed by atoms with Crippen molar-refractivity contribution in [3.63, 3.8) is 0 Å². The molecule has 0 bridgehead atoms. The third kappa shape index (κ3) is 5.17. The van der Waals surface area contributed by atoms with E-state index in [1.807, 2.05) is 4.90 Å². The lowest BCUT2D eigenvalue weighted by molar-refractivity contribution is -0.185. The first-order chi connectivity index (χ1) is 13.1. The highest BCUT2D eigenvalue weighted by atomic mass is 19.4. The molecule has 0 aromatic rings. The predicted molar refractivity (Wildman–Crippen MR) is 95.3 cm³/mol. The Morgan fingerprint density at radius 2 is 1.43 bits per heavy atom. The molecule has 3 rings (SSSR count). The van der Waals surface area contributed by atoms with Crippen molar-refractivity contribution in [2.75, 3.05) is 32.7 Å². The van der Waals surface area contributed by atoms with Gasteiger partial charge in [-0.3, -0.25) is 9.69 Å². The molecule has 1 unspecified atom stereocenters. The molecule has 9 heteroatoms. The van der Waals surface area contributed by atoms with E-state index in [0.29, 0.717) is 51.5 Å². The van der Waals surface area contributed by atoms with Crippen LogP contribution in [0.1, 0.15) is 38.5 Å². The van der Waals surface area contributed by atoms with Crippen LogP contribution in [0.2, 0.25) is 0 Å². The molecule has 1 aliphatic carbocycles. The number of nitrogens with zero attached hydrogens (tertiary/aromatic N) is 2. The van der Waals surface area contributed by atoms with Gasteiger partial charge in [0.2, 0.25) is 5.91 Å². The fourth-order valence-corrected chi connectivity index (χ4v) is 4.85. The summed E-state index contributed by atoms with van der Waals surface area (Å²) in [6.07, 6.45) is -4.87. The maximum absolute atomic E-state index is 12.8. The maximum Gasteiger partial charge on any atom is 0.391 e. The van der Waals surface area contributed by atoms with Crippen molar-refractivity contribution in [2.24, 2.45) is 17.8 Å². The summed E-state index contributed by atoms with van der Waals surface area (Å²) < 4.78 is 38.4. The lowest BCUT2D eigenvalue weighted by atomic mass is 9.80. The Hall–Kier alpha value is -0.900. The van der Waals surface area contributed by atoms with Crippen molar-refractivity contribution in [3.05, 3.63) is 0 Å². The van der Waals surface area contributed by atoms with Gasteiger partial charge < -0.3 is 20.2 Å². The Labute approximate surface area is 163 Å². The number of β-amino-alcohol motifs (C(OH)–C–C–N with tert-alkyl or cyclic N) is 2. The average molecular weight is 408 g/mol. The third-order valence-electron chi connectivity index (χ3n) is 6.66. The Morgan fingerprint density at radius 1 is 0.893 bits per heavy atom. The van der Waals surface area contributed by atoms with E-state index in [0.717, 1.165) is 12.8 Å². The Morgan fingerprint density at radius 3 is 1.93 bits per heavy atom. The number of rotatable bonds is 3. The highest BCUT2D eigenvalue weighted by Gasteiger charge is 2.43. The van der Waals surface area contributed by atoms with E-state index in [-0.39, 0.29) is 24.7 Å². The van der Waals surface area contributed by atoms with E-state index < -0.39 is 30.4 Å². The van der Waals surface area contributed by atoms with Gasteiger partial charge in [0.15, 0.2) is 0 Å². The Bertz CT molecular complexity index is 520. The van der Waals surface area contributed by atoms with Crippen LogP contribution in [-0.4, -0.2) is 88.2 Å². The van der Waals surface area contributed by atoms with Crippen molar-refractivity contribution < 1.29 is 33.3 Å². The van der Waals surface area contributed by atoms with Crippen LogP contribution in [0.3, 0.4) is 0 Å². The molecule has 3 atom stereocenters. The van der Waals surface area contributed by atoms with Crippen LogP contribution in [0.15, 0.2) is 0 Å². The summed E-state index contributed by atoms with van der Waals surface area (Å²) >= 11 is 0. The van der Waals surface area contributed by atoms with Crippen LogP contribution in [0.25, 0.3) is 0 Å². The van der Waals surface area contributed by atoms with Gasteiger partial charge in [0.05, 0.1) is 18.1 Å². The fraction of sp³-hybridized carbons (Fsp3) is 0.947. The van der Waals surface area contributed by atoms with Crippen LogP contribution in [0.5, 0.6) is 0 Å². The highest BCUT2D eigenvalue weighted by molar-refractivity contribution is 5.79. The molecule has 3 aliphatic rings. The third-order valence-corrected chi connectivity index (χ3v) is 6.66. The van der Waals surface area contributed by atoms with Crippen molar-refractivity contribution in [1.29, 1.82) is 0 Å². The lowest BCUT2D eigenvalue weighted by Gasteiger charge is -2.41. The summed E-state index contributed by atoms with van der Waals surface area (Å²) in [5, 5.41) is 29.2. The molecule has 28 heavy (non-hydrogen) atoms. The molecule has 3 N–H and O–H groups in total. The second-order valence-corrected chi connectivity index (χ2v) is 8.70. The molecule has 1 amide bonds. The molecule has 0 radical (unpaired) electrons. The highest BCUT2D eigenvalue weighted by Crippen LogP contribution is 2.40. The summed E-state index contributed by atoms with van der Waals surface area (Å²) in [6.45, 7) is 2.54. The molecular formula is C19H31F3N2O4. The predicted octanol–water partition coefficient (Wildman–Crippen LogP) is 0.992. The molecule has 2 heterocycles. The standard InChI is InChI=1S/C19H31F3N2O4/c20-19(21,22)14-3-1-13(2-4-14)18(28)24-7-5-12(6-8-24)9-23-10-15(25)17(27)16(26)11-23/h12-17,25-27H,1-11H2/t13?,14?,15-,16+,17?. The number of aliphatic hydroxyl groups is 3. The largest absolute Gasteiger partial charge is 0.391 e. The van der Waals surface area contributed by atoms with Crippen molar-refractivity contribution in [2.45, 2.75) is 63.0 Å². The molecule has 6 nitrogen and oxygen atoms in total. The second-order valence-electron chi connectivity index (χ2n) is 8.70. The molecule has 2 saturated heterocycles. The minimum Gasteiger partial charge on any atom is -0.389 e. The topological polar surface area (TPSA) is 84.2 Å². The smallest absolute Gasteiger partial charge is 0.389 e. The van der Waals surface area contributed by atoms with Gasteiger partial charge in [-0.1, -0.05) is 0 Å². The molecule has 0 aromatic heterocycles. The Kier molecular flexibility index (Phi) is 6.89. The number of hydrogen-bond donors (Lipinski definition) is 3. The van der Waals surface area contributed by atoms with E-state index in [2.05, 4.69) is 0 Å². The number of piperidine rings is 2. The molecule has 162 valence electrons. The van der Waals surface area contributed by atoms with E-state index in [1.165, 1.54) is 0 Å². The zero-order chi connectivity index (χ0) is 20.5. The maximum atomic E-state index is 12.8. The zero-order valence-electron chi connectivity index (χ0n) is 16.0. The van der Waals surface area contributed by atoms with E-state index in [4.69, 9.17) is 0 Å². The van der Waals surface area contributed by atoms with Gasteiger partial charge in [0, 0.05) is 38.6 Å². The Balaban J connectivity index is 1.41. The van der Waals surface area contributed by atoms with Gasteiger partial charge in [0.1, 0.15) is 6.10 Å². The first kappa shape index (κ1) is 21.8. The number of hydrogen-bond acceptors (Lipinski definition) is 5. The minimum absolute atomic E-state index is 0.00832. The molecule has 3 fully saturated rings. The van der Waals surface area contributed by atoms with Gasteiger partial charge in [-0.25, -0.2) is 0 Å². The van der Waals surface area contributed by atoms with Gasteiger partial charge >= 0.3 is 6.18 Å². The van der Waals surface area contributed by atoms with Gasteiger partial charge in [-0.2, -0.15) is 13.2 Å². The van der Waals surface area contributed by atoms with Crippen LogP contribution in [0, 0.1) is 17.8 Å². The molecule has 1 saturated carbocycles. The minimum atomic E-state index is -4.15. The van der Waals surface area contributed by atoms with E-state index in [1.54, 1.807) is 4.90 Å². The summed E-state index contributed by atoms with van der Waals surface area (Å²) in [5.41, 5.74) is 0. The van der Waals surface area contributed by atoms with Crippen LogP contribution < -0.4 is 0 Å². The number of carbonyl (C=O) groups is 1. The summed E-state index contributed by atoms with van der Waals surface area (Å²) in [6, 6.07) is 0. The van der Waals surface area contributed by atoms with Gasteiger partial charge in [-0.05, 0) is 44.4 Å². The summed E-state index contributed by atoms with van der Waals surface area (Å²) in [7, 11) is 0. The summed E-state index contributed by atoms with van der Waals surface area (Å²) in [4.78, 5) is 16.4. The van der Waals surface area contributed by atoms with Crippen molar-refractivity contribution >= 4 is 5.91 Å². The molecule has 0 aromatic carbocycles.